The Morgan fingerprint density at radius 1 is 1.22 bits per heavy atom. The third kappa shape index (κ3) is 2.75. The van der Waals surface area contributed by atoms with Gasteiger partial charge in [-0.05, 0) is 48.6 Å². The lowest BCUT2D eigenvalue weighted by molar-refractivity contribution is 0.457. The zero-order valence-electron chi connectivity index (χ0n) is 12.3. The number of aryl methyl sites for hydroxylation is 1. The predicted molar refractivity (Wildman–Crippen MR) is 85.9 cm³/mol. The summed E-state index contributed by atoms with van der Waals surface area (Å²) in [7, 11) is 0. The van der Waals surface area contributed by atoms with Crippen molar-refractivity contribution in [1.29, 1.82) is 0 Å². The van der Waals surface area contributed by atoms with E-state index in [0.29, 0.717) is 10.9 Å². The maximum Gasteiger partial charge on any atom is 0.245 e. The highest BCUT2D eigenvalue weighted by atomic mass is 35.5. The highest BCUT2D eigenvalue weighted by molar-refractivity contribution is 6.31. The Labute approximate surface area is 138 Å². The number of rotatable bonds is 2. The van der Waals surface area contributed by atoms with Gasteiger partial charge in [0.25, 0.3) is 0 Å². The fourth-order valence-corrected chi connectivity index (χ4v) is 3.39. The second-order valence-electron chi connectivity index (χ2n) is 5.71. The number of hydrogen-bond donors (Lipinski definition) is 0. The molecule has 2 aromatic heterocycles. The summed E-state index contributed by atoms with van der Waals surface area (Å²) in [6, 6.07) is 10.2. The Bertz CT molecular complexity index is 847. The smallest absolute Gasteiger partial charge is 0.245 e. The van der Waals surface area contributed by atoms with Gasteiger partial charge in [0.15, 0.2) is 0 Å². The molecule has 1 atom stereocenters. The average Bonchev–Trinajstić information content (AvgIpc) is 2.99. The molecule has 0 spiro atoms. The molecular weight excluding hydrogens is 315 g/mol. The summed E-state index contributed by atoms with van der Waals surface area (Å²) in [5.74, 6) is 1.34. The Balaban J connectivity index is 1.63. The topological polar surface area (TPSA) is 38.9 Å². The number of nitrogens with zero attached hydrogens (tertiary/aromatic N) is 2. The van der Waals surface area contributed by atoms with Gasteiger partial charge in [0.05, 0.1) is 5.69 Å². The second kappa shape index (κ2) is 5.78. The van der Waals surface area contributed by atoms with Crippen LogP contribution in [0.2, 0.25) is 5.02 Å². The van der Waals surface area contributed by atoms with Gasteiger partial charge in [-0.3, -0.25) is 4.98 Å². The van der Waals surface area contributed by atoms with E-state index in [0.717, 1.165) is 42.0 Å². The normalized spacial score (nSPS) is 17.0. The molecule has 0 fully saturated rings. The summed E-state index contributed by atoms with van der Waals surface area (Å²) in [4.78, 5) is 8.84. The molecule has 3 nitrogen and oxygen atoms in total. The van der Waals surface area contributed by atoms with E-state index in [1.165, 1.54) is 12.1 Å². The van der Waals surface area contributed by atoms with Crippen molar-refractivity contribution < 1.29 is 8.81 Å². The Hall–Kier alpha value is -2.20. The molecule has 116 valence electrons. The first-order valence-electron chi connectivity index (χ1n) is 7.55. The van der Waals surface area contributed by atoms with Gasteiger partial charge in [-0.15, -0.1) is 0 Å². The third-order valence-corrected chi connectivity index (χ3v) is 4.55. The molecule has 3 aromatic rings. The van der Waals surface area contributed by atoms with Crippen molar-refractivity contribution in [3.63, 3.8) is 0 Å². The summed E-state index contributed by atoms with van der Waals surface area (Å²) < 4.78 is 19.1. The molecule has 1 aliphatic carbocycles. The summed E-state index contributed by atoms with van der Waals surface area (Å²) in [5, 5.41) is 0.475. The van der Waals surface area contributed by atoms with Crippen LogP contribution in [0.3, 0.4) is 0 Å². The predicted octanol–water partition coefficient (Wildman–Crippen LogP) is 4.80. The monoisotopic (exact) mass is 328 g/mol. The minimum Gasteiger partial charge on any atom is -0.440 e. The summed E-state index contributed by atoms with van der Waals surface area (Å²) in [5.41, 5.74) is 2.69. The van der Waals surface area contributed by atoms with E-state index in [2.05, 4.69) is 9.97 Å². The van der Waals surface area contributed by atoms with E-state index < -0.39 is 0 Å². The first-order valence-corrected chi connectivity index (χ1v) is 7.93. The first kappa shape index (κ1) is 14.4. The highest BCUT2D eigenvalue weighted by Gasteiger charge is 2.27. The van der Waals surface area contributed by atoms with Crippen LogP contribution in [0.15, 0.2) is 47.0 Å². The molecule has 0 amide bonds. The fraction of sp³-hybridized carbons (Fsp3) is 0.222. The molecule has 1 aromatic carbocycles. The lowest BCUT2D eigenvalue weighted by atomic mass is 9.85. The Morgan fingerprint density at radius 2 is 2.13 bits per heavy atom. The number of oxazole rings is 1. The van der Waals surface area contributed by atoms with Gasteiger partial charge in [0, 0.05) is 17.6 Å². The summed E-state index contributed by atoms with van der Waals surface area (Å²) in [6.45, 7) is 0. The van der Waals surface area contributed by atoms with E-state index in [4.69, 9.17) is 16.0 Å². The zero-order valence-corrected chi connectivity index (χ0v) is 13.1. The van der Waals surface area contributed by atoms with E-state index in [9.17, 15) is 4.39 Å². The molecule has 0 N–H and O–H groups in total. The standard InChI is InChI=1S/C18H14ClFN2O/c19-14-10-12(20)5-6-13(14)11-4-7-15-17(9-11)23-18(22-15)16-3-1-2-8-21-16/h1-3,5-6,8,10-11H,4,7,9H2. The van der Waals surface area contributed by atoms with Gasteiger partial charge in [0.1, 0.15) is 17.3 Å². The largest absolute Gasteiger partial charge is 0.440 e. The number of fused-ring (bicyclic) bond motifs is 1. The van der Waals surface area contributed by atoms with Crippen LogP contribution in [0.25, 0.3) is 11.6 Å². The molecule has 5 heteroatoms. The van der Waals surface area contributed by atoms with E-state index in [-0.39, 0.29) is 11.7 Å². The minimum atomic E-state index is -0.313. The summed E-state index contributed by atoms with van der Waals surface area (Å²) >= 11 is 6.19. The Morgan fingerprint density at radius 3 is 2.91 bits per heavy atom. The molecule has 0 radical (unpaired) electrons. The van der Waals surface area contributed by atoms with Gasteiger partial charge in [-0.2, -0.15) is 0 Å². The van der Waals surface area contributed by atoms with Crippen LogP contribution in [0.4, 0.5) is 4.39 Å². The third-order valence-electron chi connectivity index (χ3n) is 4.23. The molecular formula is C18H14ClFN2O. The Kier molecular flexibility index (Phi) is 3.62. The minimum absolute atomic E-state index is 0.222. The van der Waals surface area contributed by atoms with Gasteiger partial charge in [0.2, 0.25) is 5.89 Å². The van der Waals surface area contributed by atoms with Gasteiger partial charge in [-0.25, -0.2) is 9.37 Å². The van der Waals surface area contributed by atoms with Crippen molar-refractivity contribution in [3.05, 3.63) is 70.5 Å². The average molecular weight is 329 g/mol. The van der Waals surface area contributed by atoms with E-state index >= 15 is 0 Å². The van der Waals surface area contributed by atoms with Crippen molar-refractivity contribution in [1.82, 2.24) is 9.97 Å². The van der Waals surface area contributed by atoms with Crippen LogP contribution in [0, 0.1) is 5.82 Å². The molecule has 2 heterocycles. The van der Waals surface area contributed by atoms with Gasteiger partial charge in [-0.1, -0.05) is 23.7 Å². The number of hydrogen-bond acceptors (Lipinski definition) is 3. The van der Waals surface area contributed by atoms with Crippen molar-refractivity contribution in [2.45, 2.75) is 25.2 Å². The highest BCUT2D eigenvalue weighted by Crippen LogP contribution is 2.37. The lowest BCUT2D eigenvalue weighted by Crippen LogP contribution is -2.12. The number of aromatic nitrogens is 2. The van der Waals surface area contributed by atoms with Crippen LogP contribution in [0.5, 0.6) is 0 Å². The quantitative estimate of drug-likeness (QED) is 0.678. The SMILES string of the molecule is Fc1ccc(C2CCc3nc(-c4ccccn4)oc3C2)c(Cl)c1. The lowest BCUT2D eigenvalue weighted by Gasteiger charge is -2.21. The maximum absolute atomic E-state index is 13.2. The molecule has 1 aliphatic rings. The molecule has 23 heavy (non-hydrogen) atoms. The molecule has 1 unspecified atom stereocenters. The van der Waals surface area contributed by atoms with Crippen LogP contribution >= 0.6 is 11.6 Å². The fourth-order valence-electron chi connectivity index (χ4n) is 3.07. The van der Waals surface area contributed by atoms with E-state index in [1.807, 2.05) is 18.2 Å². The van der Waals surface area contributed by atoms with Crippen LogP contribution in [0.1, 0.15) is 29.4 Å². The van der Waals surface area contributed by atoms with Crippen molar-refractivity contribution in [2.75, 3.05) is 0 Å². The molecule has 0 saturated carbocycles. The van der Waals surface area contributed by atoms with Crippen molar-refractivity contribution in [2.24, 2.45) is 0 Å². The molecule has 0 saturated heterocycles. The van der Waals surface area contributed by atoms with Crippen LogP contribution in [-0.2, 0) is 12.8 Å². The molecule has 4 rings (SSSR count). The van der Waals surface area contributed by atoms with Gasteiger partial charge < -0.3 is 4.42 Å². The number of pyridine rings is 1. The molecule has 0 aliphatic heterocycles. The summed E-state index contributed by atoms with van der Waals surface area (Å²) in [6.07, 6.45) is 4.19. The van der Waals surface area contributed by atoms with Crippen molar-refractivity contribution >= 4 is 11.6 Å². The first-order chi connectivity index (χ1) is 11.2. The maximum atomic E-state index is 13.2. The second-order valence-corrected chi connectivity index (χ2v) is 6.12. The van der Waals surface area contributed by atoms with Crippen LogP contribution < -0.4 is 0 Å². The van der Waals surface area contributed by atoms with Crippen molar-refractivity contribution in [3.8, 4) is 11.6 Å². The van der Waals surface area contributed by atoms with E-state index in [1.54, 1.807) is 12.3 Å². The number of halogens is 2. The number of benzene rings is 1. The molecule has 0 bridgehead atoms. The van der Waals surface area contributed by atoms with Gasteiger partial charge >= 0.3 is 0 Å². The van der Waals surface area contributed by atoms with Crippen LogP contribution in [-0.4, -0.2) is 9.97 Å². The zero-order chi connectivity index (χ0) is 15.8.